The van der Waals surface area contributed by atoms with Crippen molar-refractivity contribution in [1.82, 2.24) is 10.6 Å². The number of thiocarbonyl (C=S) groups is 1. The van der Waals surface area contributed by atoms with E-state index in [1.54, 1.807) is 14.2 Å². The first-order valence-corrected chi connectivity index (χ1v) is 10.0. The summed E-state index contributed by atoms with van der Waals surface area (Å²) >= 11 is 5.34. The monoisotopic (exact) mass is 404 g/mol. The van der Waals surface area contributed by atoms with Crippen molar-refractivity contribution in [1.29, 1.82) is 0 Å². The molecule has 0 saturated heterocycles. The average Bonchev–Trinajstić information content (AvgIpc) is 2.66. The van der Waals surface area contributed by atoms with Crippen molar-refractivity contribution in [2.45, 2.75) is 51.7 Å². The number of allylic oxidation sites excluding steroid dienone is 1. The number of methoxy groups -OCH3 is 2. The molecule has 1 fully saturated rings. The van der Waals surface area contributed by atoms with E-state index in [1.165, 1.54) is 6.42 Å². The van der Waals surface area contributed by atoms with Crippen molar-refractivity contribution >= 4 is 23.3 Å². The van der Waals surface area contributed by atoms with E-state index in [-0.39, 0.29) is 12.1 Å². The number of carbonyl (C=O) groups excluding carboxylic acids is 1. The Morgan fingerprint density at radius 2 is 2.00 bits per heavy atom. The van der Waals surface area contributed by atoms with Gasteiger partial charge in [0.2, 0.25) is 0 Å². The lowest BCUT2D eigenvalue weighted by atomic mass is 9.88. The van der Waals surface area contributed by atoms with E-state index in [0.717, 1.165) is 24.8 Å². The molecular weight excluding hydrogens is 376 g/mol. The molecule has 1 aliphatic heterocycles. The van der Waals surface area contributed by atoms with Crippen LogP contribution in [0.4, 0.5) is 0 Å². The number of ether oxygens (including phenoxy) is 3. The Kier molecular flexibility index (Phi) is 6.44. The lowest BCUT2D eigenvalue weighted by molar-refractivity contribution is -0.146. The van der Waals surface area contributed by atoms with Crippen LogP contribution in [0, 0.1) is 5.92 Å². The van der Waals surface area contributed by atoms with Gasteiger partial charge in [-0.1, -0.05) is 13.3 Å². The highest BCUT2D eigenvalue weighted by atomic mass is 32.1. The SMILES string of the molecule is COc1ccc(OC)c([C@H]2NC(=S)NC(C)=C2C(=O)O[C@@H]2CCC[C@@H](C)C2)c1. The van der Waals surface area contributed by atoms with Gasteiger partial charge >= 0.3 is 5.97 Å². The number of benzene rings is 1. The zero-order valence-corrected chi connectivity index (χ0v) is 17.7. The highest BCUT2D eigenvalue weighted by Crippen LogP contribution is 2.36. The Morgan fingerprint density at radius 3 is 2.68 bits per heavy atom. The molecule has 0 radical (unpaired) electrons. The van der Waals surface area contributed by atoms with E-state index < -0.39 is 6.04 Å². The largest absolute Gasteiger partial charge is 0.497 e. The lowest BCUT2D eigenvalue weighted by Crippen LogP contribution is -2.45. The van der Waals surface area contributed by atoms with Gasteiger partial charge in [0.1, 0.15) is 17.6 Å². The smallest absolute Gasteiger partial charge is 0.338 e. The molecule has 28 heavy (non-hydrogen) atoms. The van der Waals surface area contributed by atoms with Crippen LogP contribution in [0.3, 0.4) is 0 Å². The molecule has 0 amide bonds. The summed E-state index contributed by atoms with van der Waals surface area (Å²) in [7, 11) is 3.20. The van der Waals surface area contributed by atoms with Crippen LogP contribution < -0.4 is 20.1 Å². The van der Waals surface area contributed by atoms with Crippen LogP contribution in [0.2, 0.25) is 0 Å². The molecule has 2 aliphatic rings. The highest BCUT2D eigenvalue weighted by molar-refractivity contribution is 7.80. The third-order valence-corrected chi connectivity index (χ3v) is 5.62. The number of carbonyl (C=O) groups is 1. The third-order valence-electron chi connectivity index (χ3n) is 5.40. The van der Waals surface area contributed by atoms with Gasteiger partial charge in [-0.25, -0.2) is 4.79 Å². The van der Waals surface area contributed by atoms with Gasteiger partial charge in [0.15, 0.2) is 5.11 Å². The summed E-state index contributed by atoms with van der Waals surface area (Å²) in [5.41, 5.74) is 1.97. The van der Waals surface area contributed by atoms with Crippen LogP contribution >= 0.6 is 12.2 Å². The average molecular weight is 405 g/mol. The molecule has 6 nitrogen and oxygen atoms in total. The van der Waals surface area contributed by atoms with Gasteiger partial charge in [-0.2, -0.15) is 0 Å². The normalized spacial score (nSPS) is 24.9. The molecule has 1 aliphatic carbocycles. The van der Waals surface area contributed by atoms with Crippen molar-refractivity contribution in [3.05, 3.63) is 35.0 Å². The summed E-state index contributed by atoms with van der Waals surface area (Å²) in [5, 5.41) is 6.70. The van der Waals surface area contributed by atoms with E-state index in [9.17, 15) is 4.79 Å². The Bertz CT molecular complexity index is 793. The van der Waals surface area contributed by atoms with Crippen LogP contribution in [-0.4, -0.2) is 31.4 Å². The van der Waals surface area contributed by atoms with Crippen molar-refractivity contribution in [3.63, 3.8) is 0 Å². The molecule has 152 valence electrons. The Balaban J connectivity index is 1.94. The molecule has 2 N–H and O–H groups in total. The minimum absolute atomic E-state index is 0.0433. The van der Waals surface area contributed by atoms with Crippen LogP contribution in [0.25, 0.3) is 0 Å². The molecule has 0 bridgehead atoms. The second-order valence-electron chi connectivity index (χ2n) is 7.48. The summed E-state index contributed by atoms with van der Waals surface area (Å²) in [6, 6.07) is 5.02. The lowest BCUT2D eigenvalue weighted by Gasteiger charge is -2.32. The zero-order valence-electron chi connectivity index (χ0n) is 16.8. The maximum atomic E-state index is 13.2. The first kappa shape index (κ1) is 20.5. The molecule has 3 rings (SSSR count). The van der Waals surface area contributed by atoms with Gasteiger partial charge in [-0.3, -0.25) is 0 Å². The topological polar surface area (TPSA) is 68.8 Å². The summed E-state index contributed by atoms with van der Waals surface area (Å²) in [4.78, 5) is 13.2. The summed E-state index contributed by atoms with van der Waals surface area (Å²) in [6.07, 6.45) is 4.05. The minimum atomic E-state index is -0.479. The van der Waals surface area contributed by atoms with Gasteiger partial charge < -0.3 is 24.8 Å². The number of esters is 1. The molecule has 1 heterocycles. The predicted molar refractivity (Wildman–Crippen MR) is 111 cm³/mol. The highest BCUT2D eigenvalue weighted by Gasteiger charge is 2.34. The number of hydrogen-bond acceptors (Lipinski definition) is 5. The van der Waals surface area contributed by atoms with Gasteiger partial charge in [0, 0.05) is 11.3 Å². The Morgan fingerprint density at radius 1 is 1.21 bits per heavy atom. The molecule has 3 atom stereocenters. The quantitative estimate of drug-likeness (QED) is 0.574. The molecule has 7 heteroatoms. The number of hydrogen-bond donors (Lipinski definition) is 2. The first-order chi connectivity index (χ1) is 13.4. The minimum Gasteiger partial charge on any atom is -0.497 e. The fourth-order valence-electron chi connectivity index (χ4n) is 3.96. The van der Waals surface area contributed by atoms with E-state index >= 15 is 0 Å². The number of nitrogens with one attached hydrogen (secondary N) is 2. The van der Waals surface area contributed by atoms with Gasteiger partial charge in [0.05, 0.1) is 25.8 Å². The van der Waals surface area contributed by atoms with E-state index in [0.29, 0.717) is 33.8 Å². The van der Waals surface area contributed by atoms with Gasteiger partial charge in [0.25, 0.3) is 0 Å². The van der Waals surface area contributed by atoms with Crippen LogP contribution in [-0.2, 0) is 9.53 Å². The molecular formula is C21H28N2O4S. The van der Waals surface area contributed by atoms with E-state index in [4.69, 9.17) is 26.4 Å². The van der Waals surface area contributed by atoms with Crippen molar-refractivity contribution in [3.8, 4) is 11.5 Å². The van der Waals surface area contributed by atoms with Crippen molar-refractivity contribution < 1.29 is 19.0 Å². The molecule has 0 spiro atoms. The second-order valence-corrected chi connectivity index (χ2v) is 7.89. The number of rotatable bonds is 5. The van der Waals surface area contributed by atoms with Gasteiger partial charge in [-0.15, -0.1) is 0 Å². The van der Waals surface area contributed by atoms with E-state index in [1.807, 2.05) is 25.1 Å². The van der Waals surface area contributed by atoms with E-state index in [2.05, 4.69) is 17.6 Å². The zero-order chi connectivity index (χ0) is 20.3. The second kappa shape index (κ2) is 8.82. The summed E-state index contributed by atoms with van der Waals surface area (Å²) < 4.78 is 16.8. The van der Waals surface area contributed by atoms with Crippen LogP contribution in [0.15, 0.2) is 29.5 Å². The van der Waals surface area contributed by atoms with Crippen molar-refractivity contribution in [2.24, 2.45) is 5.92 Å². The first-order valence-electron chi connectivity index (χ1n) is 9.64. The Labute approximate surface area is 171 Å². The fraction of sp³-hybridized carbons (Fsp3) is 0.524. The third kappa shape index (κ3) is 4.41. The Hall–Kier alpha value is -2.28. The molecule has 1 saturated carbocycles. The summed E-state index contributed by atoms with van der Waals surface area (Å²) in [5.74, 6) is 1.57. The van der Waals surface area contributed by atoms with Gasteiger partial charge in [-0.05, 0) is 62.5 Å². The molecule has 0 unspecified atom stereocenters. The molecule has 1 aromatic carbocycles. The summed E-state index contributed by atoms with van der Waals surface area (Å²) in [6.45, 7) is 4.05. The standard InChI is InChI=1S/C21H28N2O4S/c1-12-6-5-7-15(10-12)27-20(24)18-13(2)22-21(28)23-19(18)16-11-14(25-3)8-9-17(16)26-4/h8-9,11-12,15,19H,5-7,10H2,1-4H3,(H2,22,23,28)/t12-,15-,19-/m1/s1. The van der Waals surface area contributed by atoms with Crippen molar-refractivity contribution in [2.75, 3.05) is 14.2 Å². The predicted octanol–water partition coefficient (Wildman–Crippen LogP) is 3.62. The molecule has 0 aromatic heterocycles. The molecule has 1 aromatic rings. The maximum Gasteiger partial charge on any atom is 0.338 e. The van der Waals surface area contributed by atoms with Crippen LogP contribution in [0.1, 0.15) is 51.1 Å². The fourth-order valence-corrected chi connectivity index (χ4v) is 4.23. The van der Waals surface area contributed by atoms with Crippen LogP contribution in [0.5, 0.6) is 11.5 Å². The maximum absolute atomic E-state index is 13.2.